The Morgan fingerprint density at radius 3 is 2.67 bits per heavy atom. The average Bonchev–Trinajstić information content (AvgIpc) is 2.58. The highest BCUT2D eigenvalue weighted by Crippen LogP contribution is 2.23. The minimum atomic E-state index is 0.555. The van der Waals surface area contributed by atoms with E-state index in [9.17, 15) is 0 Å². The van der Waals surface area contributed by atoms with Gasteiger partial charge in [0.2, 0.25) is 5.88 Å². The van der Waals surface area contributed by atoms with Crippen molar-refractivity contribution in [3.05, 3.63) is 46.6 Å². The van der Waals surface area contributed by atoms with Crippen LogP contribution >= 0.6 is 15.9 Å². The number of rotatable bonds is 3. The van der Waals surface area contributed by atoms with E-state index >= 15 is 0 Å². The smallest absolute Gasteiger partial charge is 0.226 e. The first-order valence-corrected chi connectivity index (χ1v) is 5.41. The highest BCUT2D eigenvalue weighted by atomic mass is 79.9. The molecule has 0 bridgehead atoms. The number of hydrogen-bond acceptors (Lipinski definition) is 2. The quantitative estimate of drug-likeness (QED) is 0.855. The Bertz CT molecular complexity index is 420. The molecule has 2 aromatic rings. The molecule has 2 rings (SSSR count). The lowest BCUT2D eigenvalue weighted by molar-refractivity contribution is 0.277. The van der Waals surface area contributed by atoms with E-state index in [1.807, 2.05) is 37.4 Å². The van der Waals surface area contributed by atoms with Crippen molar-refractivity contribution < 1.29 is 4.74 Å². The Morgan fingerprint density at radius 2 is 2.07 bits per heavy atom. The lowest BCUT2D eigenvalue weighted by Crippen LogP contribution is -2.01. The van der Waals surface area contributed by atoms with Crippen LogP contribution in [0.4, 0.5) is 0 Å². The number of halogens is 1. The minimum Gasteiger partial charge on any atom is -0.472 e. The molecule has 78 valence electrons. The fraction of sp³-hybridized carbons (Fsp3) is 0.182. The molecule has 0 aliphatic heterocycles. The first kappa shape index (κ1) is 10.2. The predicted octanol–water partition coefficient (Wildman–Crippen LogP) is 2.76. The number of benzene rings is 1. The molecule has 1 aromatic carbocycles. The molecule has 0 atom stereocenters. The van der Waals surface area contributed by atoms with Gasteiger partial charge in [-0.1, -0.05) is 30.3 Å². The first-order valence-electron chi connectivity index (χ1n) is 4.61. The SMILES string of the molecule is Cn1ncc(Br)c1OCc1ccccc1. The van der Waals surface area contributed by atoms with Gasteiger partial charge in [-0.2, -0.15) is 5.10 Å². The zero-order valence-electron chi connectivity index (χ0n) is 8.35. The summed E-state index contributed by atoms with van der Waals surface area (Å²) in [6, 6.07) is 10.0. The van der Waals surface area contributed by atoms with Crippen molar-refractivity contribution in [2.45, 2.75) is 6.61 Å². The van der Waals surface area contributed by atoms with Gasteiger partial charge in [0.05, 0.1) is 10.7 Å². The van der Waals surface area contributed by atoms with Gasteiger partial charge in [-0.3, -0.25) is 0 Å². The molecular formula is C11H11BrN2O. The van der Waals surface area contributed by atoms with E-state index in [1.165, 1.54) is 0 Å². The van der Waals surface area contributed by atoms with E-state index in [-0.39, 0.29) is 0 Å². The Kier molecular flexibility index (Phi) is 3.06. The molecule has 0 spiro atoms. The predicted molar refractivity (Wildman–Crippen MR) is 61.7 cm³/mol. The van der Waals surface area contributed by atoms with E-state index in [1.54, 1.807) is 10.9 Å². The van der Waals surface area contributed by atoms with Crippen molar-refractivity contribution in [1.82, 2.24) is 9.78 Å². The molecule has 1 aromatic heterocycles. The lowest BCUT2D eigenvalue weighted by atomic mass is 10.2. The van der Waals surface area contributed by atoms with E-state index < -0.39 is 0 Å². The molecule has 0 amide bonds. The number of aryl methyl sites for hydroxylation is 1. The Hall–Kier alpha value is -1.29. The second-order valence-electron chi connectivity index (χ2n) is 3.20. The van der Waals surface area contributed by atoms with Gasteiger partial charge in [-0.25, -0.2) is 4.68 Å². The minimum absolute atomic E-state index is 0.555. The van der Waals surface area contributed by atoms with Crippen molar-refractivity contribution in [1.29, 1.82) is 0 Å². The monoisotopic (exact) mass is 266 g/mol. The topological polar surface area (TPSA) is 27.1 Å². The van der Waals surface area contributed by atoms with Crippen LogP contribution in [0.25, 0.3) is 0 Å². The third-order valence-electron chi connectivity index (χ3n) is 2.06. The molecule has 0 saturated carbocycles. The molecule has 0 N–H and O–H groups in total. The standard InChI is InChI=1S/C11H11BrN2O/c1-14-11(10(12)7-13-14)15-8-9-5-3-2-4-6-9/h2-7H,8H2,1H3. The molecular weight excluding hydrogens is 256 g/mol. The number of ether oxygens (including phenoxy) is 1. The summed E-state index contributed by atoms with van der Waals surface area (Å²) in [5.74, 6) is 0.749. The summed E-state index contributed by atoms with van der Waals surface area (Å²) in [6.45, 7) is 0.555. The van der Waals surface area contributed by atoms with Crippen molar-refractivity contribution >= 4 is 15.9 Å². The third kappa shape index (κ3) is 2.39. The van der Waals surface area contributed by atoms with Crippen LogP contribution in [0.2, 0.25) is 0 Å². The second kappa shape index (κ2) is 4.49. The highest BCUT2D eigenvalue weighted by Gasteiger charge is 2.06. The summed E-state index contributed by atoms with van der Waals surface area (Å²) in [7, 11) is 1.85. The van der Waals surface area contributed by atoms with Gasteiger partial charge < -0.3 is 4.74 Å². The maximum Gasteiger partial charge on any atom is 0.226 e. The first-order chi connectivity index (χ1) is 7.27. The highest BCUT2D eigenvalue weighted by molar-refractivity contribution is 9.10. The molecule has 0 saturated heterocycles. The van der Waals surface area contributed by atoms with Gasteiger partial charge in [0, 0.05) is 7.05 Å². The maximum absolute atomic E-state index is 5.65. The van der Waals surface area contributed by atoms with Crippen molar-refractivity contribution in [2.24, 2.45) is 7.05 Å². The van der Waals surface area contributed by atoms with Crippen molar-refractivity contribution in [3.63, 3.8) is 0 Å². The summed E-state index contributed by atoms with van der Waals surface area (Å²) in [5.41, 5.74) is 1.14. The van der Waals surface area contributed by atoms with Gasteiger partial charge in [0.15, 0.2) is 0 Å². The third-order valence-corrected chi connectivity index (χ3v) is 2.60. The van der Waals surface area contributed by atoms with Crippen LogP contribution in [0.1, 0.15) is 5.56 Å². The van der Waals surface area contributed by atoms with Crippen LogP contribution in [0.5, 0.6) is 5.88 Å². The number of hydrogen-bond donors (Lipinski definition) is 0. The lowest BCUT2D eigenvalue weighted by Gasteiger charge is -2.06. The molecule has 0 fully saturated rings. The van der Waals surface area contributed by atoms with E-state index in [0.29, 0.717) is 6.61 Å². The van der Waals surface area contributed by atoms with Gasteiger partial charge in [0.1, 0.15) is 6.61 Å². The number of nitrogens with zero attached hydrogens (tertiary/aromatic N) is 2. The molecule has 3 nitrogen and oxygen atoms in total. The Balaban J connectivity index is 2.05. The molecule has 1 heterocycles. The summed E-state index contributed by atoms with van der Waals surface area (Å²) in [4.78, 5) is 0. The molecule has 0 radical (unpaired) electrons. The van der Waals surface area contributed by atoms with Crippen molar-refractivity contribution in [2.75, 3.05) is 0 Å². The van der Waals surface area contributed by atoms with Crippen LogP contribution < -0.4 is 4.74 Å². The van der Waals surface area contributed by atoms with E-state index in [4.69, 9.17) is 4.74 Å². The summed E-state index contributed by atoms with van der Waals surface area (Å²) in [5, 5.41) is 4.07. The second-order valence-corrected chi connectivity index (χ2v) is 4.05. The summed E-state index contributed by atoms with van der Waals surface area (Å²) in [6.07, 6.45) is 1.72. The molecule has 15 heavy (non-hydrogen) atoms. The molecule has 4 heteroatoms. The van der Waals surface area contributed by atoms with Crippen LogP contribution in [0.3, 0.4) is 0 Å². The van der Waals surface area contributed by atoms with Crippen LogP contribution in [0.15, 0.2) is 41.0 Å². The maximum atomic E-state index is 5.65. The fourth-order valence-corrected chi connectivity index (χ4v) is 1.75. The van der Waals surface area contributed by atoms with E-state index in [0.717, 1.165) is 15.9 Å². The molecule has 0 unspecified atom stereocenters. The summed E-state index contributed by atoms with van der Waals surface area (Å²) < 4.78 is 8.22. The van der Waals surface area contributed by atoms with Gasteiger partial charge >= 0.3 is 0 Å². The Labute approximate surface area is 96.8 Å². The molecule has 0 aliphatic carbocycles. The summed E-state index contributed by atoms with van der Waals surface area (Å²) >= 11 is 3.38. The fourth-order valence-electron chi connectivity index (χ4n) is 1.29. The largest absolute Gasteiger partial charge is 0.472 e. The molecule has 0 aliphatic rings. The van der Waals surface area contributed by atoms with Crippen LogP contribution in [-0.2, 0) is 13.7 Å². The zero-order chi connectivity index (χ0) is 10.7. The van der Waals surface area contributed by atoms with Crippen LogP contribution in [-0.4, -0.2) is 9.78 Å². The van der Waals surface area contributed by atoms with Crippen molar-refractivity contribution in [3.8, 4) is 5.88 Å². The van der Waals surface area contributed by atoms with Crippen LogP contribution in [0, 0.1) is 0 Å². The zero-order valence-corrected chi connectivity index (χ0v) is 9.94. The normalized spacial score (nSPS) is 10.3. The Morgan fingerprint density at radius 1 is 1.33 bits per heavy atom. The number of aromatic nitrogens is 2. The van der Waals surface area contributed by atoms with Gasteiger partial charge in [0.25, 0.3) is 0 Å². The van der Waals surface area contributed by atoms with Gasteiger partial charge in [-0.05, 0) is 21.5 Å². The average molecular weight is 267 g/mol. The van der Waals surface area contributed by atoms with E-state index in [2.05, 4.69) is 21.0 Å². The van der Waals surface area contributed by atoms with Gasteiger partial charge in [-0.15, -0.1) is 0 Å².